The molecular formula is C15H10F3NO2S2. The highest BCUT2D eigenvalue weighted by molar-refractivity contribution is 7.93. The van der Waals surface area contributed by atoms with E-state index in [0.29, 0.717) is 5.69 Å². The van der Waals surface area contributed by atoms with Crippen molar-refractivity contribution in [1.82, 2.24) is 4.57 Å². The zero-order valence-electron chi connectivity index (χ0n) is 11.5. The normalized spacial score (nSPS) is 12.5. The summed E-state index contributed by atoms with van der Waals surface area (Å²) in [5, 5.41) is 1.66. The predicted molar refractivity (Wildman–Crippen MR) is 80.5 cm³/mol. The first-order valence-electron chi connectivity index (χ1n) is 6.44. The maximum Gasteiger partial charge on any atom is 0.416 e. The average molecular weight is 357 g/mol. The summed E-state index contributed by atoms with van der Waals surface area (Å²) < 4.78 is 64.6. The van der Waals surface area contributed by atoms with Crippen LogP contribution in [0.5, 0.6) is 0 Å². The van der Waals surface area contributed by atoms with Gasteiger partial charge in [0, 0.05) is 11.9 Å². The van der Waals surface area contributed by atoms with E-state index in [-0.39, 0.29) is 9.24 Å². The number of aromatic nitrogens is 1. The number of halogens is 3. The zero-order chi connectivity index (χ0) is 16.7. The molecule has 0 atom stereocenters. The van der Waals surface area contributed by atoms with Crippen molar-refractivity contribution >= 4 is 21.2 Å². The molecule has 23 heavy (non-hydrogen) atoms. The summed E-state index contributed by atoms with van der Waals surface area (Å²) in [6.07, 6.45) is -2.93. The molecular weight excluding hydrogens is 347 g/mol. The van der Waals surface area contributed by atoms with Crippen LogP contribution in [0.3, 0.4) is 0 Å². The van der Waals surface area contributed by atoms with Gasteiger partial charge in [-0.15, -0.1) is 11.3 Å². The predicted octanol–water partition coefficient (Wildman–Crippen LogP) is 4.39. The molecule has 3 nitrogen and oxygen atoms in total. The average Bonchev–Trinajstić information content (AvgIpc) is 3.18. The van der Waals surface area contributed by atoms with Crippen molar-refractivity contribution in [3.05, 3.63) is 65.7 Å². The van der Waals surface area contributed by atoms with E-state index in [2.05, 4.69) is 0 Å². The molecule has 0 aliphatic rings. The van der Waals surface area contributed by atoms with E-state index in [1.54, 1.807) is 11.4 Å². The molecule has 0 radical (unpaired) electrons. The van der Waals surface area contributed by atoms with E-state index < -0.39 is 21.6 Å². The van der Waals surface area contributed by atoms with Crippen molar-refractivity contribution in [3.63, 3.8) is 0 Å². The molecule has 0 spiro atoms. The third-order valence-corrected chi connectivity index (χ3v) is 6.38. The minimum atomic E-state index is -4.43. The molecule has 2 aromatic heterocycles. The van der Waals surface area contributed by atoms with Gasteiger partial charge in [0.2, 0.25) is 9.84 Å². The Labute approximate surface area is 134 Å². The van der Waals surface area contributed by atoms with Crippen molar-refractivity contribution in [1.29, 1.82) is 0 Å². The zero-order valence-corrected chi connectivity index (χ0v) is 13.1. The maximum atomic E-state index is 12.6. The topological polar surface area (TPSA) is 39.1 Å². The lowest BCUT2D eigenvalue weighted by atomic mass is 10.2. The van der Waals surface area contributed by atoms with Crippen LogP contribution >= 0.6 is 11.3 Å². The molecule has 120 valence electrons. The van der Waals surface area contributed by atoms with E-state index in [1.807, 2.05) is 0 Å². The lowest BCUT2D eigenvalue weighted by Crippen LogP contribution is -2.08. The number of thiophene rings is 1. The molecule has 0 aliphatic carbocycles. The Hall–Kier alpha value is -2.06. The first-order chi connectivity index (χ1) is 10.8. The summed E-state index contributed by atoms with van der Waals surface area (Å²) in [5.74, 6) is 0. The van der Waals surface area contributed by atoms with Crippen LogP contribution in [-0.2, 0) is 16.0 Å². The Kier molecular flexibility index (Phi) is 3.81. The Morgan fingerprint density at radius 2 is 1.65 bits per heavy atom. The summed E-state index contributed by atoms with van der Waals surface area (Å²) in [7, 11) is -3.71. The number of sulfone groups is 1. The summed E-state index contributed by atoms with van der Waals surface area (Å²) in [4.78, 5) is 0. The number of hydrogen-bond donors (Lipinski definition) is 0. The Bertz CT molecular complexity index is 909. The van der Waals surface area contributed by atoms with Crippen LogP contribution in [0.2, 0.25) is 0 Å². The molecule has 0 N–H and O–H groups in total. The number of rotatable bonds is 3. The van der Waals surface area contributed by atoms with Gasteiger partial charge in [-0.25, -0.2) is 8.42 Å². The van der Waals surface area contributed by atoms with Crippen LogP contribution in [0.25, 0.3) is 5.69 Å². The molecule has 0 amide bonds. The van der Waals surface area contributed by atoms with Gasteiger partial charge in [-0.1, -0.05) is 6.07 Å². The fourth-order valence-corrected chi connectivity index (χ4v) is 4.65. The largest absolute Gasteiger partial charge is 0.416 e. The van der Waals surface area contributed by atoms with Gasteiger partial charge in [-0.05, 0) is 47.8 Å². The SMILES string of the molecule is O=S(=O)(c1cccs1)c1cccn1-c1ccc(C(F)(F)F)cc1. The molecule has 1 aromatic carbocycles. The fraction of sp³-hybridized carbons (Fsp3) is 0.0667. The third kappa shape index (κ3) is 2.91. The van der Waals surface area contributed by atoms with Gasteiger partial charge in [0.15, 0.2) is 0 Å². The van der Waals surface area contributed by atoms with Crippen LogP contribution in [0.4, 0.5) is 13.2 Å². The molecule has 3 aromatic rings. The summed E-state index contributed by atoms with van der Waals surface area (Å²) in [6, 6.07) is 10.4. The molecule has 2 heterocycles. The molecule has 0 bridgehead atoms. The second-order valence-corrected chi connectivity index (χ2v) is 7.77. The smallest absolute Gasteiger partial charge is 0.307 e. The molecule has 0 fully saturated rings. The fourth-order valence-electron chi connectivity index (χ4n) is 2.13. The quantitative estimate of drug-likeness (QED) is 0.697. The van der Waals surface area contributed by atoms with Gasteiger partial charge >= 0.3 is 6.18 Å². The highest BCUT2D eigenvalue weighted by atomic mass is 32.2. The van der Waals surface area contributed by atoms with Crippen molar-refractivity contribution in [2.24, 2.45) is 0 Å². The van der Waals surface area contributed by atoms with Crippen LogP contribution in [0.1, 0.15) is 5.56 Å². The van der Waals surface area contributed by atoms with E-state index in [9.17, 15) is 21.6 Å². The van der Waals surface area contributed by atoms with Crippen LogP contribution < -0.4 is 0 Å². The van der Waals surface area contributed by atoms with Crippen molar-refractivity contribution in [2.75, 3.05) is 0 Å². The highest BCUT2D eigenvalue weighted by Crippen LogP contribution is 2.31. The Balaban J connectivity index is 2.05. The summed E-state index contributed by atoms with van der Waals surface area (Å²) in [6.45, 7) is 0. The number of hydrogen-bond acceptors (Lipinski definition) is 3. The van der Waals surface area contributed by atoms with Crippen LogP contribution in [0, 0.1) is 0 Å². The first kappa shape index (κ1) is 15.8. The van der Waals surface area contributed by atoms with Gasteiger partial charge in [0.25, 0.3) is 0 Å². The van der Waals surface area contributed by atoms with E-state index in [0.717, 1.165) is 23.5 Å². The number of alkyl halides is 3. The molecule has 0 saturated heterocycles. The molecule has 0 aliphatic heterocycles. The van der Waals surface area contributed by atoms with Crippen molar-refractivity contribution in [2.45, 2.75) is 15.4 Å². The van der Waals surface area contributed by atoms with Gasteiger partial charge in [0.05, 0.1) is 5.56 Å². The van der Waals surface area contributed by atoms with Crippen molar-refractivity contribution in [3.8, 4) is 5.69 Å². The minimum absolute atomic E-state index is 0.0136. The minimum Gasteiger partial charge on any atom is -0.307 e. The second kappa shape index (κ2) is 5.54. The highest BCUT2D eigenvalue weighted by Gasteiger charge is 2.30. The molecule has 3 rings (SSSR count). The van der Waals surface area contributed by atoms with Gasteiger partial charge in [0.1, 0.15) is 9.24 Å². The van der Waals surface area contributed by atoms with E-state index >= 15 is 0 Å². The van der Waals surface area contributed by atoms with Gasteiger partial charge in [-0.2, -0.15) is 13.2 Å². The standard InChI is InChI=1S/C15H10F3NO2S2/c16-15(17,18)11-5-7-12(8-6-11)19-9-1-3-13(19)23(20,21)14-4-2-10-22-14/h1-10H. The van der Waals surface area contributed by atoms with Gasteiger partial charge < -0.3 is 4.57 Å². The monoisotopic (exact) mass is 357 g/mol. The van der Waals surface area contributed by atoms with E-state index in [4.69, 9.17) is 0 Å². The molecule has 0 saturated carbocycles. The van der Waals surface area contributed by atoms with Crippen LogP contribution in [0.15, 0.2) is 69.3 Å². The summed E-state index contributed by atoms with van der Waals surface area (Å²) >= 11 is 1.09. The maximum absolute atomic E-state index is 12.6. The third-order valence-electron chi connectivity index (χ3n) is 3.22. The second-order valence-electron chi connectivity index (χ2n) is 4.70. The molecule has 0 unspecified atom stereocenters. The van der Waals surface area contributed by atoms with Gasteiger partial charge in [-0.3, -0.25) is 0 Å². The lowest BCUT2D eigenvalue weighted by Gasteiger charge is -2.11. The first-order valence-corrected chi connectivity index (χ1v) is 8.80. The lowest BCUT2D eigenvalue weighted by molar-refractivity contribution is -0.137. The van der Waals surface area contributed by atoms with Crippen LogP contribution in [-0.4, -0.2) is 13.0 Å². The number of nitrogens with zero attached hydrogens (tertiary/aromatic N) is 1. The van der Waals surface area contributed by atoms with E-state index in [1.165, 1.54) is 41.1 Å². The Morgan fingerprint density at radius 3 is 2.22 bits per heavy atom. The van der Waals surface area contributed by atoms with Crippen molar-refractivity contribution < 1.29 is 21.6 Å². The summed E-state index contributed by atoms with van der Waals surface area (Å²) in [5.41, 5.74) is -0.436. The Morgan fingerprint density at radius 1 is 0.957 bits per heavy atom. The molecule has 8 heteroatoms. The number of benzene rings is 1.